The van der Waals surface area contributed by atoms with Crippen LogP contribution in [-0.2, 0) is 0 Å². The Balaban J connectivity index is 2.03. The molecule has 1 aromatic rings. The van der Waals surface area contributed by atoms with Crippen LogP contribution in [0.2, 0.25) is 0 Å². The van der Waals surface area contributed by atoms with Gasteiger partial charge in [-0.1, -0.05) is 0 Å². The Kier molecular flexibility index (Phi) is 3.72. The number of aromatic nitrogens is 2. The van der Waals surface area contributed by atoms with Gasteiger partial charge < -0.3 is 10.0 Å². The predicted octanol–water partition coefficient (Wildman–Crippen LogP) is 1.38. The van der Waals surface area contributed by atoms with Crippen molar-refractivity contribution in [1.29, 1.82) is 0 Å². The minimum Gasteiger partial charge on any atom is -0.396 e. The van der Waals surface area contributed by atoms with E-state index in [0.717, 1.165) is 31.0 Å². The van der Waals surface area contributed by atoms with Gasteiger partial charge in [0.15, 0.2) is 0 Å². The van der Waals surface area contributed by atoms with E-state index in [4.69, 9.17) is 5.11 Å². The molecule has 1 aliphatic rings. The number of piperidine rings is 1. The fourth-order valence-corrected chi connectivity index (χ4v) is 2.30. The third-order valence-corrected chi connectivity index (χ3v) is 3.17. The smallest absolute Gasteiger partial charge is 0.132 e. The summed E-state index contributed by atoms with van der Waals surface area (Å²) in [6.07, 6.45) is 4.94. The van der Waals surface area contributed by atoms with Crippen LogP contribution in [0.25, 0.3) is 0 Å². The van der Waals surface area contributed by atoms with Gasteiger partial charge in [-0.3, -0.25) is 0 Å². The summed E-state index contributed by atoms with van der Waals surface area (Å²) in [5.74, 6) is 1.63. The average molecular weight is 221 g/mol. The molecule has 1 atom stereocenters. The van der Waals surface area contributed by atoms with E-state index in [9.17, 15) is 0 Å². The van der Waals surface area contributed by atoms with Crippen molar-refractivity contribution < 1.29 is 5.11 Å². The van der Waals surface area contributed by atoms with Gasteiger partial charge in [-0.25, -0.2) is 9.97 Å². The summed E-state index contributed by atoms with van der Waals surface area (Å²) in [5, 5.41) is 8.98. The second kappa shape index (κ2) is 5.25. The summed E-state index contributed by atoms with van der Waals surface area (Å²) < 4.78 is 0. The summed E-state index contributed by atoms with van der Waals surface area (Å²) >= 11 is 0. The van der Waals surface area contributed by atoms with Crippen molar-refractivity contribution in [3.63, 3.8) is 0 Å². The lowest BCUT2D eigenvalue weighted by molar-refractivity contribution is 0.244. The molecule has 1 fully saturated rings. The third-order valence-electron chi connectivity index (χ3n) is 3.17. The molecule has 4 heteroatoms. The topological polar surface area (TPSA) is 49.2 Å². The van der Waals surface area contributed by atoms with Crippen molar-refractivity contribution in [3.8, 4) is 0 Å². The summed E-state index contributed by atoms with van der Waals surface area (Å²) in [4.78, 5) is 10.7. The quantitative estimate of drug-likeness (QED) is 0.838. The van der Waals surface area contributed by atoms with Gasteiger partial charge in [-0.05, 0) is 32.1 Å². The monoisotopic (exact) mass is 221 g/mol. The zero-order valence-corrected chi connectivity index (χ0v) is 9.76. The molecule has 2 heterocycles. The summed E-state index contributed by atoms with van der Waals surface area (Å²) in [7, 11) is 0. The van der Waals surface area contributed by atoms with Crippen molar-refractivity contribution in [2.24, 2.45) is 5.92 Å². The summed E-state index contributed by atoms with van der Waals surface area (Å²) in [6, 6.07) is 2.03. The van der Waals surface area contributed by atoms with Gasteiger partial charge in [-0.15, -0.1) is 0 Å². The Morgan fingerprint density at radius 3 is 3.12 bits per heavy atom. The Bertz CT molecular complexity index is 341. The van der Waals surface area contributed by atoms with Crippen molar-refractivity contribution in [2.45, 2.75) is 26.2 Å². The van der Waals surface area contributed by atoms with Gasteiger partial charge in [-0.2, -0.15) is 0 Å². The zero-order valence-electron chi connectivity index (χ0n) is 9.76. The number of rotatable bonds is 3. The number of aliphatic hydroxyl groups excluding tert-OH is 1. The van der Waals surface area contributed by atoms with Crippen molar-refractivity contribution in [1.82, 2.24) is 9.97 Å². The number of hydrogen-bond acceptors (Lipinski definition) is 4. The van der Waals surface area contributed by atoms with Crippen LogP contribution in [0.3, 0.4) is 0 Å². The molecule has 4 nitrogen and oxygen atoms in total. The van der Waals surface area contributed by atoms with E-state index in [1.54, 1.807) is 6.33 Å². The molecule has 0 amide bonds. The lowest BCUT2D eigenvalue weighted by Gasteiger charge is -2.33. The van der Waals surface area contributed by atoms with E-state index in [2.05, 4.69) is 14.9 Å². The van der Waals surface area contributed by atoms with Crippen LogP contribution in [-0.4, -0.2) is 34.8 Å². The lowest BCUT2D eigenvalue weighted by atomic mass is 9.95. The van der Waals surface area contributed by atoms with E-state index in [0.29, 0.717) is 12.5 Å². The first-order valence-corrected chi connectivity index (χ1v) is 5.94. The first-order valence-electron chi connectivity index (χ1n) is 5.94. The highest BCUT2D eigenvalue weighted by Crippen LogP contribution is 2.23. The normalized spacial score (nSPS) is 21.1. The third kappa shape index (κ3) is 2.70. The molecule has 1 saturated heterocycles. The van der Waals surface area contributed by atoms with Crippen molar-refractivity contribution in [2.75, 3.05) is 24.6 Å². The summed E-state index contributed by atoms with van der Waals surface area (Å²) in [6.45, 7) is 4.36. The Labute approximate surface area is 96.3 Å². The average Bonchev–Trinajstić information content (AvgIpc) is 2.30. The number of aryl methyl sites for hydroxylation is 1. The minimum atomic E-state index is 0.293. The molecule has 1 aromatic heterocycles. The highest BCUT2D eigenvalue weighted by molar-refractivity contribution is 5.39. The Morgan fingerprint density at radius 2 is 2.38 bits per heavy atom. The zero-order chi connectivity index (χ0) is 11.4. The lowest BCUT2D eigenvalue weighted by Crippen LogP contribution is -2.36. The SMILES string of the molecule is Cc1cc(N2CCCC(CCO)C2)ncn1. The summed E-state index contributed by atoms with van der Waals surface area (Å²) in [5.41, 5.74) is 1.01. The van der Waals surface area contributed by atoms with Gasteiger partial charge in [0.05, 0.1) is 0 Å². The molecule has 1 aliphatic heterocycles. The van der Waals surface area contributed by atoms with Crippen LogP contribution in [0.15, 0.2) is 12.4 Å². The molecule has 0 radical (unpaired) electrons. The van der Waals surface area contributed by atoms with E-state index in [-0.39, 0.29) is 0 Å². The standard InChI is InChI=1S/C12H19N3O/c1-10-7-12(14-9-13-10)15-5-2-3-11(8-15)4-6-16/h7,9,11,16H,2-6,8H2,1H3. The second-order valence-electron chi connectivity index (χ2n) is 4.48. The van der Waals surface area contributed by atoms with Crippen LogP contribution >= 0.6 is 0 Å². The largest absolute Gasteiger partial charge is 0.396 e. The van der Waals surface area contributed by atoms with Crippen molar-refractivity contribution in [3.05, 3.63) is 18.1 Å². The first-order chi connectivity index (χ1) is 7.79. The molecule has 0 bridgehead atoms. The van der Waals surface area contributed by atoms with Gasteiger partial charge in [0.1, 0.15) is 12.1 Å². The maximum atomic E-state index is 8.98. The van der Waals surface area contributed by atoms with Crippen LogP contribution in [0, 0.1) is 12.8 Å². The second-order valence-corrected chi connectivity index (χ2v) is 4.48. The molecule has 0 spiro atoms. The van der Waals surface area contributed by atoms with Gasteiger partial charge in [0.2, 0.25) is 0 Å². The predicted molar refractivity (Wildman–Crippen MR) is 63.4 cm³/mol. The number of nitrogens with zero attached hydrogens (tertiary/aromatic N) is 3. The van der Waals surface area contributed by atoms with Crippen LogP contribution in [0.1, 0.15) is 25.0 Å². The highest BCUT2D eigenvalue weighted by atomic mass is 16.3. The van der Waals surface area contributed by atoms with E-state index >= 15 is 0 Å². The van der Waals surface area contributed by atoms with Crippen LogP contribution in [0.4, 0.5) is 5.82 Å². The molecule has 0 aromatic carbocycles. The minimum absolute atomic E-state index is 0.293. The Hall–Kier alpha value is -1.16. The maximum absolute atomic E-state index is 8.98. The molecule has 1 unspecified atom stereocenters. The fraction of sp³-hybridized carbons (Fsp3) is 0.667. The molecular formula is C12H19N3O. The maximum Gasteiger partial charge on any atom is 0.132 e. The van der Waals surface area contributed by atoms with Gasteiger partial charge in [0.25, 0.3) is 0 Å². The van der Waals surface area contributed by atoms with Crippen LogP contribution in [0.5, 0.6) is 0 Å². The van der Waals surface area contributed by atoms with E-state index < -0.39 is 0 Å². The fourth-order valence-electron chi connectivity index (χ4n) is 2.30. The molecule has 88 valence electrons. The number of anilines is 1. The molecular weight excluding hydrogens is 202 g/mol. The molecule has 0 aliphatic carbocycles. The van der Waals surface area contributed by atoms with E-state index in [1.165, 1.54) is 12.8 Å². The molecule has 0 saturated carbocycles. The highest BCUT2D eigenvalue weighted by Gasteiger charge is 2.20. The Morgan fingerprint density at radius 1 is 1.50 bits per heavy atom. The molecule has 1 N–H and O–H groups in total. The molecule has 16 heavy (non-hydrogen) atoms. The van der Waals surface area contributed by atoms with Gasteiger partial charge >= 0.3 is 0 Å². The van der Waals surface area contributed by atoms with Gasteiger partial charge in [0, 0.05) is 31.5 Å². The molecule has 2 rings (SSSR count). The first kappa shape index (κ1) is 11.3. The number of aliphatic hydroxyl groups is 1. The number of hydrogen-bond donors (Lipinski definition) is 1. The van der Waals surface area contributed by atoms with E-state index in [1.807, 2.05) is 13.0 Å². The van der Waals surface area contributed by atoms with Crippen LogP contribution < -0.4 is 4.90 Å². The van der Waals surface area contributed by atoms with Crippen molar-refractivity contribution >= 4 is 5.82 Å².